The monoisotopic (exact) mass is 327 g/mol. The average molecular weight is 328 g/mol. The molecule has 1 aromatic carbocycles. The second kappa shape index (κ2) is 9.70. The lowest BCUT2D eigenvalue weighted by Crippen LogP contribution is -3.00. The van der Waals surface area contributed by atoms with Crippen LogP contribution in [0.3, 0.4) is 0 Å². The van der Waals surface area contributed by atoms with E-state index in [4.69, 9.17) is 9.47 Å². The van der Waals surface area contributed by atoms with Crippen LogP contribution in [0.2, 0.25) is 0 Å². The van der Waals surface area contributed by atoms with Crippen LogP contribution in [-0.4, -0.2) is 33.1 Å². The van der Waals surface area contributed by atoms with Crippen molar-refractivity contribution in [3.05, 3.63) is 23.8 Å². The number of benzene rings is 1. The molecule has 124 valence electrons. The van der Waals surface area contributed by atoms with Crippen molar-refractivity contribution in [2.75, 3.05) is 27.3 Å². The average Bonchev–Trinajstić information content (AvgIpc) is 2.52. The second-order valence-electron chi connectivity index (χ2n) is 5.66. The lowest BCUT2D eigenvalue weighted by Gasteiger charge is -2.18. The van der Waals surface area contributed by atoms with Gasteiger partial charge in [0.05, 0.1) is 33.2 Å². The fourth-order valence-electron chi connectivity index (χ4n) is 2.93. The number of ether oxygens (including phenoxy) is 2. The summed E-state index contributed by atoms with van der Waals surface area (Å²) in [6.07, 6.45) is 5.13. The van der Waals surface area contributed by atoms with E-state index >= 15 is 0 Å². The first-order valence-corrected chi connectivity index (χ1v) is 7.80. The molecule has 1 aliphatic carbocycles. The summed E-state index contributed by atoms with van der Waals surface area (Å²) in [5, 5.41) is 2.27. The molecule has 22 heavy (non-hydrogen) atoms. The Morgan fingerprint density at radius 3 is 2.64 bits per heavy atom. The lowest BCUT2D eigenvalue weighted by molar-refractivity contribution is -0.658. The molecule has 0 saturated heterocycles. The fourth-order valence-corrected chi connectivity index (χ4v) is 2.93. The first-order chi connectivity index (χ1) is 10.2. The van der Waals surface area contributed by atoms with Gasteiger partial charge in [-0.25, -0.2) is 0 Å². The Balaban J connectivity index is 0.00000242. The van der Waals surface area contributed by atoms with E-state index in [9.17, 15) is 4.79 Å². The number of hydrogen-bond donors (Lipinski definition) is 1. The van der Waals surface area contributed by atoms with Crippen molar-refractivity contribution >= 4 is 5.78 Å². The highest BCUT2D eigenvalue weighted by atomic mass is 35.5. The number of ketones is 1. The van der Waals surface area contributed by atoms with Crippen LogP contribution in [0, 0.1) is 5.92 Å². The summed E-state index contributed by atoms with van der Waals surface area (Å²) in [7, 11) is 3.30. The molecule has 0 heterocycles. The molecule has 0 spiro atoms. The minimum atomic E-state index is 0. The van der Waals surface area contributed by atoms with E-state index in [1.165, 1.54) is 12.0 Å². The van der Waals surface area contributed by atoms with Crippen molar-refractivity contribution in [3.8, 4) is 11.5 Å². The van der Waals surface area contributed by atoms with Gasteiger partial charge in [0.15, 0.2) is 11.5 Å². The van der Waals surface area contributed by atoms with E-state index < -0.39 is 0 Å². The first-order valence-electron chi connectivity index (χ1n) is 7.80. The predicted molar refractivity (Wildman–Crippen MR) is 81.9 cm³/mol. The van der Waals surface area contributed by atoms with Crippen LogP contribution in [0.1, 0.15) is 31.2 Å². The van der Waals surface area contributed by atoms with Crippen LogP contribution in [0.5, 0.6) is 11.5 Å². The molecule has 1 aliphatic rings. The highest BCUT2D eigenvalue weighted by molar-refractivity contribution is 5.81. The largest absolute Gasteiger partial charge is 1.00 e. The Kier molecular flexibility index (Phi) is 8.28. The van der Waals surface area contributed by atoms with E-state index in [0.717, 1.165) is 50.3 Å². The summed E-state index contributed by atoms with van der Waals surface area (Å²) in [4.78, 5) is 11.8. The molecule has 0 amide bonds. The zero-order valence-corrected chi connectivity index (χ0v) is 14.2. The molecule has 5 heteroatoms. The molecule has 1 fully saturated rings. The summed E-state index contributed by atoms with van der Waals surface area (Å²) in [6, 6.07) is 6.04. The van der Waals surface area contributed by atoms with E-state index in [1.54, 1.807) is 14.2 Å². The Labute approximate surface area is 139 Å². The summed E-state index contributed by atoms with van der Waals surface area (Å²) in [6.45, 7) is 1.94. The van der Waals surface area contributed by atoms with Crippen molar-refractivity contribution in [1.82, 2.24) is 0 Å². The van der Waals surface area contributed by atoms with Crippen LogP contribution in [0.25, 0.3) is 0 Å². The molecule has 0 aliphatic heterocycles. The van der Waals surface area contributed by atoms with Crippen LogP contribution in [0.15, 0.2) is 18.2 Å². The van der Waals surface area contributed by atoms with Crippen LogP contribution in [-0.2, 0) is 11.2 Å². The number of quaternary nitrogens is 1. The summed E-state index contributed by atoms with van der Waals surface area (Å²) >= 11 is 0. The van der Waals surface area contributed by atoms with Crippen molar-refractivity contribution in [3.63, 3.8) is 0 Å². The maximum absolute atomic E-state index is 11.8. The van der Waals surface area contributed by atoms with Crippen molar-refractivity contribution in [2.45, 2.75) is 32.1 Å². The molecule has 0 aromatic heterocycles. The zero-order chi connectivity index (χ0) is 15.1. The zero-order valence-electron chi connectivity index (χ0n) is 13.4. The number of carbonyl (C=O) groups excluding carboxylic acids is 1. The number of Topliss-reactive ketones (excluding diaryl/α,β-unsaturated/α-hetero) is 1. The summed E-state index contributed by atoms with van der Waals surface area (Å²) < 4.78 is 10.6. The van der Waals surface area contributed by atoms with Gasteiger partial charge in [-0.1, -0.05) is 12.5 Å². The molecule has 1 aromatic rings. The smallest absolute Gasteiger partial charge is 0.160 e. The third kappa shape index (κ3) is 5.18. The Hall–Kier alpha value is -1.26. The van der Waals surface area contributed by atoms with Crippen molar-refractivity contribution < 1.29 is 32.0 Å². The second-order valence-corrected chi connectivity index (χ2v) is 5.66. The maximum atomic E-state index is 11.8. The number of methoxy groups -OCH3 is 2. The molecule has 0 bridgehead atoms. The van der Waals surface area contributed by atoms with E-state index in [1.807, 2.05) is 12.1 Å². The minimum absolute atomic E-state index is 0. The first kappa shape index (κ1) is 18.8. The SMILES string of the molecule is COc1ccc(CC[NH2+]CC2CCCCC2=O)cc1OC.[Cl-]. The number of carbonyl (C=O) groups is 1. The van der Waals surface area contributed by atoms with Crippen LogP contribution < -0.4 is 27.2 Å². The topological polar surface area (TPSA) is 52.1 Å². The fraction of sp³-hybridized carbons (Fsp3) is 0.588. The molecule has 0 radical (unpaired) electrons. The third-order valence-electron chi connectivity index (χ3n) is 4.22. The molecule has 1 saturated carbocycles. The quantitative estimate of drug-likeness (QED) is 0.625. The van der Waals surface area contributed by atoms with Crippen molar-refractivity contribution in [1.29, 1.82) is 0 Å². The van der Waals surface area contributed by atoms with Gasteiger partial charge in [0, 0.05) is 12.8 Å². The third-order valence-corrected chi connectivity index (χ3v) is 4.22. The van der Waals surface area contributed by atoms with Gasteiger partial charge in [-0.05, 0) is 30.5 Å². The summed E-state index contributed by atoms with van der Waals surface area (Å²) in [5.41, 5.74) is 1.24. The maximum Gasteiger partial charge on any atom is 0.160 e. The van der Waals surface area contributed by atoms with Gasteiger partial charge in [0.25, 0.3) is 0 Å². The van der Waals surface area contributed by atoms with E-state index in [2.05, 4.69) is 11.4 Å². The molecule has 1 unspecified atom stereocenters. The Morgan fingerprint density at radius 1 is 1.18 bits per heavy atom. The van der Waals surface area contributed by atoms with Gasteiger partial charge >= 0.3 is 0 Å². The molecular weight excluding hydrogens is 302 g/mol. The molecule has 1 atom stereocenters. The van der Waals surface area contributed by atoms with Gasteiger partial charge in [-0.15, -0.1) is 0 Å². The van der Waals surface area contributed by atoms with E-state index in [0.29, 0.717) is 5.78 Å². The molecule has 2 rings (SSSR count). The van der Waals surface area contributed by atoms with Gasteiger partial charge in [-0.2, -0.15) is 0 Å². The standard InChI is InChI=1S/C17H25NO3.ClH/c1-20-16-8-7-13(11-17(16)21-2)9-10-18-12-14-5-3-4-6-15(14)19;/h7-8,11,14,18H,3-6,9-10,12H2,1-2H3;1H. The minimum Gasteiger partial charge on any atom is -1.00 e. The van der Waals surface area contributed by atoms with Gasteiger partial charge in [0.2, 0.25) is 0 Å². The van der Waals surface area contributed by atoms with Gasteiger partial charge < -0.3 is 27.2 Å². The molecule has 4 nitrogen and oxygen atoms in total. The van der Waals surface area contributed by atoms with Crippen LogP contribution in [0.4, 0.5) is 0 Å². The van der Waals surface area contributed by atoms with E-state index in [-0.39, 0.29) is 18.3 Å². The molecule has 2 N–H and O–H groups in total. The van der Waals surface area contributed by atoms with Crippen molar-refractivity contribution in [2.24, 2.45) is 5.92 Å². The summed E-state index contributed by atoms with van der Waals surface area (Å²) in [5.74, 6) is 2.28. The number of nitrogens with two attached hydrogens (primary N) is 1. The number of rotatable bonds is 7. The van der Waals surface area contributed by atoms with Gasteiger partial charge in [0.1, 0.15) is 5.78 Å². The highest BCUT2D eigenvalue weighted by Crippen LogP contribution is 2.27. The molecular formula is C17H26ClNO3. The van der Waals surface area contributed by atoms with Gasteiger partial charge in [-0.3, -0.25) is 4.79 Å². The Bertz CT molecular complexity index is 479. The highest BCUT2D eigenvalue weighted by Gasteiger charge is 2.23. The lowest BCUT2D eigenvalue weighted by atomic mass is 9.88. The van der Waals surface area contributed by atoms with Crippen LogP contribution >= 0.6 is 0 Å². The number of hydrogen-bond acceptors (Lipinski definition) is 3. The normalized spacial score (nSPS) is 17.7. The Morgan fingerprint density at radius 2 is 1.95 bits per heavy atom. The predicted octanol–water partition coefficient (Wildman–Crippen LogP) is -1.43. The number of halogens is 1.